The third-order valence-electron chi connectivity index (χ3n) is 4.43. The first-order chi connectivity index (χ1) is 9.65. The van der Waals surface area contributed by atoms with Crippen LogP contribution in [0.5, 0.6) is 0 Å². The molecule has 2 N–H and O–H groups in total. The monoisotopic (exact) mass is 276 g/mol. The van der Waals surface area contributed by atoms with Crippen molar-refractivity contribution in [2.24, 2.45) is 0 Å². The molecular formula is C14H24N6. The van der Waals surface area contributed by atoms with Gasteiger partial charge in [-0.2, -0.15) is 5.10 Å². The topological polar surface area (TPSA) is 64.9 Å². The molecule has 6 heteroatoms. The number of likely N-dealkylation sites (N-methyl/N-ethyl adjacent to an activating group) is 1. The Morgan fingerprint density at radius 1 is 1.30 bits per heavy atom. The average Bonchev–Trinajstić information content (AvgIpc) is 3.09. The number of fused-ring (bicyclic) bond motifs is 1. The fourth-order valence-corrected chi connectivity index (χ4v) is 3.37. The summed E-state index contributed by atoms with van der Waals surface area (Å²) in [6, 6.07) is 0.570. The third-order valence-corrected chi connectivity index (χ3v) is 4.43. The van der Waals surface area contributed by atoms with Gasteiger partial charge in [-0.1, -0.05) is 6.92 Å². The van der Waals surface area contributed by atoms with Gasteiger partial charge in [0.1, 0.15) is 5.52 Å². The van der Waals surface area contributed by atoms with Crippen LogP contribution >= 0.6 is 0 Å². The van der Waals surface area contributed by atoms with Gasteiger partial charge in [-0.3, -0.25) is 9.47 Å². The molecule has 6 nitrogen and oxygen atoms in total. The molecule has 3 heterocycles. The summed E-state index contributed by atoms with van der Waals surface area (Å²) in [5.74, 6) is 0.616. The van der Waals surface area contributed by atoms with Crippen LogP contribution in [-0.2, 0) is 13.1 Å². The smallest absolute Gasteiger partial charge is 0.202 e. The van der Waals surface area contributed by atoms with Crippen molar-refractivity contribution < 1.29 is 0 Å². The van der Waals surface area contributed by atoms with E-state index in [0.29, 0.717) is 12.0 Å². The van der Waals surface area contributed by atoms with Gasteiger partial charge in [0.25, 0.3) is 0 Å². The largest absolute Gasteiger partial charge is 0.369 e. The Labute approximate surface area is 119 Å². The van der Waals surface area contributed by atoms with E-state index < -0.39 is 0 Å². The van der Waals surface area contributed by atoms with Gasteiger partial charge in [0.2, 0.25) is 5.95 Å². The Balaban J connectivity index is 2.00. The van der Waals surface area contributed by atoms with E-state index in [0.717, 1.165) is 36.5 Å². The minimum atomic E-state index is 0.570. The van der Waals surface area contributed by atoms with E-state index >= 15 is 0 Å². The Hall–Kier alpha value is -1.56. The first-order valence-electron chi connectivity index (χ1n) is 7.58. The second-order valence-corrected chi connectivity index (χ2v) is 5.58. The molecule has 2 aromatic rings. The number of rotatable bonds is 4. The van der Waals surface area contributed by atoms with E-state index in [1.807, 2.05) is 11.6 Å². The first-order valence-corrected chi connectivity index (χ1v) is 7.58. The maximum absolute atomic E-state index is 6.15. The van der Waals surface area contributed by atoms with Gasteiger partial charge in [0.15, 0.2) is 5.65 Å². The predicted octanol–water partition coefficient (Wildman–Crippen LogP) is 1.63. The Morgan fingerprint density at radius 3 is 2.80 bits per heavy atom. The number of hydrogen-bond donors (Lipinski definition) is 1. The molecule has 1 atom stereocenters. The summed E-state index contributed by atoms with van der Waals surface area (Å²) >= 11 is 0. The molecule has 1 fully saturated rings. The molecule has 0 amide bonds. The molecule has 1 aliphatic rings. The van der Waals surface area contributed by atoms with Gasteiger partial charge in [-0.25, -0.2) is 9.67 Å². The van der Waals surface area contributed by atoms with Crippen LogP contribution in [0.1, 0.15) is 32.4 Å². The van der Waals surface area contributed by atoms with Crippen LogP contribution in [0.15, 0.2) is 0 Å². The fourth-order valence-electron chi connectivity index (χ4n) is 3.37. The van der Waals surface area contributed by atoms with Gasteiger partial charge in [-0.05, 0) is 39.8 Å². The van der Waals surface area contributed by atoms with E-state index in [1.54, 1.807) is 0 Å². The maximum Gasteiger partial charge on any atom is 0.202 e. The van der Waals surface area contributed by atoms with E-state index in [2.05, 4.69) is 33.4 Å². The normalized spacial score (nSPS) is 20.2. The zero-order valence-corrected chi connectivity index (χ0v) is 12.6. The molecule has 0 bridgehead atoms. The molecular weight excluding hydrogens is 252 g/mol. The molecule has 3 rings (SSSR count). The summed E-state index contributed by atoms with van der Waals surface area (Å²) in [5, 5.41) is 4.55. The minimum Gasteiger partial charge on any atom is -0.369 e. The summed E-state index contributed by atoms with van der Waals surface area (Å²) < 4.78 is 4.16. The van der Waals surface area contributed by atoms with Crippen molar-refractivity contribution >= 4 is 17.1 Å². The van der Waals surface area contributed by atoms with Crippen molar-refractivity contribution in [1.29, 1.82) is 0 Å². The molecule has 0 saturated carbocycles. The van der Waals surface area contributed by atoms with Crippen LogP contribution in [0.25, 0.3) is 11.2 Å². The van der Waals surface area contributed by atoms with E-state index in [9.17, 15) is 0 Å². The summed E-state index contributed by atoms with van der Waals surface area (Å²) in [6.45, 7) is 10.4. The molecule has 1 saturated heterocycles. The fraction of sp³-hybridized carbons (Fsp3) is 0.714. The Kier molecular flexibility index (Phi) is 3.41. The highest BCUT2D eigenvalue weighted by Crippen LogP contribution is 2.25. The molecule has 0 spiro atoms. The number of aryl methyl sites for hydroxylation is 2. The molecule has 20 heavy (non-hydrogen) atoms. The van der Waals surface area contributed by atoms with Gasteiger partial charge in [0, 0.05) is 19.1 Å². The van der Waals surface area contributed by atoms with Crippen LogP contribution in [-0.4, -0.2) is 43.4 Å². The number of nitrogen functional groups attached to an aromatic ring is 1. The van der Waals surface area contributed by atoms with Crippen LogP contribution in [0.4, 0.5) is 5.95 Å². The number of anilines is 1. The highest BCUT2D eigenvalue weighted by atomic mass is 15.4. The molecule has 1 unspecified atom stereocenters. The predicted molar refractivity (Wildman–Crippen MR) is 80.6 cm³/mol. The van der Waals surface area contributed by atoms with Crippen molar-refractivity contribution in [1.82, 2.24) is 24.2 Å². The standard InChI is InChI=1S/C14H24N6/c1-4-18-8-6-7-11(18)9-19-13-12(16-14(19)15)10(3)17-20(13)5-2/h11H,4-9H2,1-3H3,(H2,15,16). The quantitative estimate of drug-likeness (QED) is 0.921. The molecule has 0 aromatic carbocycles. The highest BCUT2D eigenvalue weighted by Gasteiger charge is 2.26. The molecule has 110 valence electrons. The van der Waals surface area contributed by atoms with Crippen molar-refractivity contribution in [2.45, 2.75) is 52.7 Å². The van der Waals surface area contributed by atoms with Gasteiger partial charge >= 0.3 is 0 Å². The Bertz CT molecular complexity index is 611. The maximum atomic E-state index is 6.15. The summed E-state index contributed by atoms with van der Waals surface area (Å²) in [4.78, 5) is 7.05. The number of nitrogens with zero attached hydrogens (tertiary/aromatic N) is 5. The van der Waals surface area contributed by atoms with Crippen molar-refractivity contribution in [3.63, 3.8) is 0 Å². The highest BCUT2D eigenvalue weighted by molar-refractivity contribution is 5.77. The van der Waals surface area contributed by atoms with Gasteiger partial charge < -0.3 is 5.73 Å². The molecule has 0 radical (unpaired) electrons. The van der Waals surface area contributed by atoms with Crippen molar-refractivity contribution in [2.75, 3.05) is 18.8 Å². The van der Waals surface area contributed by atoms with Crippen molar-refractivity contribution in [3.05, 3.63) is 5.69 Å². The first kappa shape index (κ1) is 13.4. The second-order valence-electron chi connectivity index (χ2n) is 5.58. The zero-order chi connectivity index (χ0) is 14.3. The summed E-state index contributed by atoms with van der Waals surface area (Å²) in [7, 11) is 0. The average molecular weight is 276 g/mol. The molecule has 1 aliphatic heterocycles. The van der Waals surface area contributed by atoms with Gasteiger partial charge in [0.05, 0.1) is 5.69 Å². The van der Waals surface area contributed by atoms with Crippen LogP contribution in [0, 0.1) is 6.92 Å². The number of imidazole rings is 1. The Morgan fingerprint density at radius 2 is 2.10 bits per heavy atom. The number of nitrogens with two attached hydrogens (primary N) is 1. The van der Waals surface area contributed by atoms with Crippen molar-refractivity contribution in [3.8, 4) is 0 Å². The molecule has 2 aromatic heterocycles. The van der Waals surface area contributed by atoms with E-state index in [1.165, 1.54) is 19.4 Å². The summed E-state index contributed by atoms with van der Waals surface area (Å²) in [5.41, 5.74) is 9.14. The number of aromatic nitrogens is 4. The lowest BCUT2D eigenvalue weighted by Crippen LogP contribution is -2.33. The van der Waals surface area contributed by atoms with E-state index in [4.69, 9.17) is 5.73 Å². The van der Waals surface area contributed by atoms with E-state index in [-0.39, 0.29) is 0 Å². The lowest BCUT2D eigenvalue weighted by Gasteiger charge is -2.23. The van der Waals surface area contributed by atoms with Crippen LogP contribution in [0.2, 0.25) is 0 Å². The SMILES string of the molecule is CCN1CCCC1Cn1c(N)nc2c(C)nn(CC)c21. The minimum absolute atomic E-state index is 0.570. The zero-order valence-electron chi connectivity index (χ0n) is 12.6. The van der Waals surface area contributed by atoms with Crippen LogP contribution in [0.3, 0.4) is 0 Å². The number of hydrogen-bond acceptors (Lipinski definition) is 4. The summed E-state index contributed by atoms with van der Waals surface area (Å²) in [6.07, 6.45) is 2.52. The third kappa shape index (κ3) is 1.98. The number of likely N-dealkylation sites (tertiary alicyclic amines) is 1. The molecule has 0 aliphatic carbocycles. The lowest BCUT2D eigenvalue weighted by atomic mass is 10.2. The lowest BCUT2D eigenvalue weighted by molar-refractivity contribution is 0.246. The van der Waals surface area contributed by atoms with Crippen LogP contribution < -0.4 is 5.73 Å². The second kappa shape index (κ2) is 5.09. The van der Waals surface area contributed by atoms with Gasteiger partial charge in [-0.15, -0.1) is 0 Å².